The van der Waals surface area contributed by atoms with Gasteiger partial charge in [-0.05, 0) is 116 Å². The minimum absolute atomic E-state index is 0.0825. The minimum atomic E-state index is -0.786. The van der Waals surface area contributed by atoms with Crippen LogP contribution in [0.2, 0.25) is 0 Å². The molecule has 0 rings (SSSR count). The third kappa shape index (κ3) is 59.5. The van der Waals surface area contributed by atoms with Crippen molar-refractivity contribution in [2.45, 2.75) is 316 Å². The number of carbonyl (C=O) groups is 3. The second kappa shape index (κ2) is 62.1. The molecule has 0 radical (unpaired) electrons. The first-order chi connectivity index (χ1) is 36.5. The predicted molar refractivity (Wildman–Crippen MR) is 321 cm³/mol. The van der Waals surface area contributed by atoms with Crippen LogP contribution in [0.4, 0.5) is 0 Å². The maximum Gasteiger partial charge on any atom is 0.306 e. The Bertz CT molecular complexity index is 1420. The lowest BCUT2D eigenvalue weighted by atomic mass is 10.0. The minimum Gasteiger partial charge on any atom is -0.462 e. The number of hydrogen-bond donors (Lipinski definition) is 0. The van der Waals surface area contributed by atoms with E-state index in [1.165, 1.54) is 167 Å². The van der Waals surface area contributed by atoms with Gasteiger partial charge in [-0.15, -0.1) is 0 Å². The van der Waals surface area contributed by atoms with E-state index in [-0.39, 0.29) is 31.1 Å². The van der Waals surface area contributed by atoms with Gasteiger partial charge in [0.2, 0.25) is 0 Å². The fraction of sp³-hybridized carbons (Fsp3) is 0.750. The van der Waals surface area contributed by atoms with Gasteiger partial charge < -0.3 is 14.2 Å². The standard InChI is InChI=1S/C68H118O6/c1-4-7-10-13-16-19-22-25-27-29-31-33-34-36-37-39-41-43-46-49-52-55-58-61-67(70)73-64-65(63-72-66(69)60-57-54-51-48-45-24-21-18-15-12-9-6-3)74-68(71)62-59-56-53-50-47-44-42-40-38-35-32-30-28-26-23-20-17-14-11-8-5-2/h8,11,17-18,20-22,25-26,28-29,31-32,35,65H,4-7,9-10,12-16,19,23-24,27,30,33-34,36-64H2,1-3H3/b11-8-,20-17-,21-18-,25-22-,28-26-,31-29-,35-32-. The summed E-state index contributed by atoms with van der Waals surface area (Å²) < 4.78 is 16.9. The zero-order valence-corrected chi connectivity index (χ0v) is 48.8. The van der Waals surface area contributed by atoms with Crippen molar-refractivity contribution >= 4 is 17.9 Å². The first kappa shape index (κ1) is 70.6. The normalized spacial score (nSPS) is 12.6. The summed E-state index contributed by atoms with van der Waals surface area (Å²) in [6, 6.07) is 0. The van der Waals surface area contributed by atoms with Crippen LogP contribution in [-0.4, -0.2) is 37.2 Å². The van der Waals surface area contributed by atoms with Crippen LogP contribution < -0.4 is 0 Å². The van der Waals surface area contributed by atoms with Gasteiger partial charge in [-0.25, -0.2) is 0 Å². The van der Waals surface area contributed by atoms with Gasteiger partial charge in [0.05, 0.1) is 0 Å². The third-order valence-electron chi connectivity index (χ3n) is 13.6. The summed E-state index contributed by atoms with van der Waals surface area (Å²) in [5, 5.41) is 0. The SMILES string of the molecule is CC/C=C\C/C=C\C/C=C\C/C=C\CCCCCCCCCCC(=O)OC(COC(=O)CCCCCCC/C=C\CCCCC)COC(=O)CCCCCCCCCCCCC/C=C\C/C=C\CCCCCCC. The van der Waals surface area contributed by atoms with E-state index in [2.05, 4.69) is 106 Å². The van der Waals surface area contributed by atoms with Crippen LogP contribution in [0.3, 0.4) is 0 Å². The molecule has 74 heavy (non-hydrogen) atoms. The number of allylic oxidation sites excluding steroid dienone is 14. The van der Waals surface area contributed by atoms with Crippen LogP contribution in [0.15, 0.2) is 85.1 Å². The van der Waals surface area contributed by atoms with Crippen LogP contribution in [0.5, 0.6) is 0 Å². The monoisotopic (exact) mass is 1030 g/mol. The largest absolute Gasteiger partial charge is 0.462 e. The Kier molecular flexibility index (Phi) is 59.3. The zero-order chi connectivity index (χ0) is 53.6. The Balaban J connectivity index is 4.32. The molecule has 1 unspecified atom stereocenters. The molecule has 0 fully saturated rings. The quantitative estimate of drug-likeness (QED) is 0.0261. The lowest BCUT2D eigenvalue weighted by Gasteiger charge is -2.18. The molecule has 0 spiro atoms. The maximum absolute atomic E-state index is 12.9. The molecule has 6 nitrogen and oxygen atoms in total. The Labute approximate surface area is 458 Å². The molecule has 0 saturated heterocycles. The Morgan fingerprint density at radius 2 is 0.527 bits per heavy atom. The first-order valence-electron chi connectivity index (χ1n) is 31.6. The van der Waals surface area contributed by atoms with Gasteiger partial charge in [-0.1, -0.05) is 260 Å². The molecule has 0 aromatic rings. The average Bonchev–Trinajstić information content (AvgIpc) is 3.40. The predicted octanol–water partition coefficient (Wildman–Crippen LogP) is 21.5. The molecule has 0 aromatic heterocycles. The van der Waals surface area contributed by atoms with Gasteiger partial charge in [0.15, 0.2) is 6.10 Å². The van der Waals surface area contributed by atoms with E-state index in [1.807, 2.05) is 0 Å². The molecular weight excluding hydrogens is 913 g/mol. The summed E-state index contributed by atoms with van der Waals surface area (Å²) in [5.41, 5.74) is 0. The number of hydrogen-bond acceptors (Lipinski definition) is 6. The lowest BCUT2D eigenvalue weighted by molar-refractivity contribution is -0.167. The molecule has 0 bridgehead atoms. The van der Waals surface area contributed by atoms with Crippen molar-refractivity contribution < 1.29 is 28.6 Å². The van der Waals surface area contributed by atoms with Crippen LogP contribution >= 0.6 is 0 Å². The van der Waals surface area contributed by atoms with E-state index < -0.39 is 6.10 Å². The van der Waals surface area contributed by atoms with E-state index in [4.69, 9.17) is 14.2 Å². The molecule has 426 valence electrons. The topological polar surface area (TPSA) is 78.9 Å². The van der Waals surface area contributed by atoms with Crippen LogP contribution in [0.1, 0.15) is 310 Å². The summed E-state index contributed by atoms with van der Waals surface area (Å²) in [5.74, 6) is -0.892. The van der Waals surface area contributed by atoms with E-state index in [0.29, 0.717) is 19.3 Å². The van der Waals surface area contributed by atoms with Gasteiger partial charge >= 0.3 is 17.9 Å². The molecular formula is C68H118O6. The van der Waals surface area contributed by atoms with Crippen LogP contribution in [0.25, 0.3) is 0 Å². The van der Waals surface area contributed by atoms with E-state index in [0.717, 1.165) is 103 Å². The molecule has 1 atom stereocenters. The number of rotatable bonds is 57. The van der Waals surface area contributed by atoms with E-state index in [9.17, 15) is 14.4 Å². The van der Waals surface area contributed by atoms with Crippen molar-refractivity contribution in [3.05, 3.63) is 85.1 Å². The lowest BCUT2D eigenvalue weighted by Crippen LogP contribution is -2.30. The Morgan fingerprint density at radius 3 is 0.865 bits per heavy atom. The first-order valence-corrected chi connectivity index (χ1v) is 31.6. The Morgan fingerprint density at radius 1 is 0.284 bits per heavy atom. The third-order valence-corrected chi connectivity index (χ3v) is 13.6. The second-order valence-corrected chi connectivity index (χ2v) is 20.9. The summed E-state index contributed by atoms with van der Waals surface area (Å²) in [7, 11) is 0. The molecule has 0 N–H and O–H groups in total. The van der Waals surface area contributed by atoms with Crippen molar-refractivity contribution in [3.63, 3.8) is 0 Å². The molecule has 0 heterocycles. The highest BCUT2D eigenvalue weighted by Gasteiger charge is 2.19. The highest BCUT2D eigenvalue weighted by molar-refractivity contribution is 5.71. The van der Waals surface area contributed by atoms with Crippen molar-refractivity contribution in [1.29, 1.82) is 0 Å². The molecule has 0 aliphatic carbocycles. The Hall–Kier alpha value is -3.41. The highest BCUT2D eigenvalue weighted by Crippen LogP contribution is 2.16. The molecule has 0 saturated carbocycles. The maximum atomic E-state index is 12.9. The van der Waals surface area contributed by atoms with Crippen molar-refractivity contribution in [3.8, 4) is 0 Å². The van der Waals surface area contributed by atoms with Gasteiger partial charge in [-0.3, -0.25) is 14.4 Å². The van der Waals surface area contributed by atoms with Gasteiger partial charge in [0.1, 0.15) is 13.2 Å². The van der Waals surface area contributed by atoms with Gasteiger partial charge in [-0.2, -0.15) is 0 Å². The molecule has 6 heteroatoms. The smallest absolute Gasteiger partial charge is 0.306 e. The highest BCUT2D eigenvalue weighted by atomic mass is 16.6. The zero-order valence-electron chi connectivity index (χ0n) is 48.8. The summed E-state index contributed by atoms with van der Waals surface area (Å²) >= 11 is 0. The number of carbonyl (C=O) groups excluding carboxylic acids is 3. The molecule has 0 aliphatic rings. The number of unbranched alkanes of at least 4 members (excludes halogenated alkanes) is 32. The molecule has 0 aromatic carbocycles. The van der Waals surface area contributed by atoms with Crippen LogP contribution in [-0.2, 0) is 28.6 Å². The summed E-state index contributed by atoms with van der Waals surface area (Å²) in [4.78, 5) is 38.3. The fourth-order valence-electron chi connectivity index (χ4n) is 8.87. The fourth-order valence-corrected chi connectivity index (χ4v) is 8.87. The molecule has 0 aliphatic heterocycles. The van der Waals surface area contributed by atoms with Crippen molar-refractivity contribution in [2.24, 2.45) is 0 Å². The van der Waals surface area contributed by atoms with Crippen LogP contribution in [0, 0.1) is 0 Å². The second-order valence-electron chi connectivity index (χ2n) is 20.9. The van der Waals surface area contributed by atoms with Crippen molar-refractivity contribution in [1.82, 2.24) is 0 Å². The van der Waals surface area contributed by atoms with Gasteiger partial charge in [0.25, 0.3) is 0 Å². The van der Waals surface area contributed by atoms with Gasteiger partial charge in [0, 0.05) is 19.3 Å². The molecule has 0 amide bonds. The summed E-state index contributed by atoms with van der Waals surface area (Å²) in [6.07, 6.45) is 81.5. The van der Waals surface area contributed by atoms with E-state index >= 15 is 0 Å². The number of ether oxygens (including phenoxy) is 3. The van der Waals surface area contributed by atoms with Crippen molar-refractivity contribution in [2.75, 3.05) is 13.2 Å². The number of esters is 3. The average molecular weight is 1030 g/mol. The van der Waals surface area contributed by atoms with E-state index in [1.54, 1.807) is 0 Å². The summed E-state index contributed by atoms with van der Waals surface area (Å²) in [6.45, 7) is 6.50.